The second kappa shape index (κ2) is 7.97. The first kappa shape index (κ1) is 23.1. The van der Waals surface area contributed by atoms with Crippen molar-refractivity contribution in [3.63, 3.8) is 0 Å². The number of nitriles is 1. The van der Waals surface area contributed by atoms with E-state index in [2.05, 4.69) is 11.0 Å². The molecule has 2 aromatic rings. The van der Waals surface area contributed by atoms with Gasteiger partial charge in [-0.3, -0.25) is 4.90 Å². The van der Waals surface area contributed by atoms with Gasteiger partial charge in [0, 0.05) is 40.5 Å². The number of piperazine rings is 1. The van der Waals surface area contributed by atoms with Gasteiger partial charge in [0.1, 0.15) is 11.8 Å². The van der Waals surface area contributed by atoms with Gasteiger partial charge in [-0.25, -0.2) is 0 Å². The number of likely N-dealkylation sites (N-methyl/N-ethyl adjacent to an activating group) is 1. The Labute approximate surface area is 204 Å². The molecule has 3 heterocycles. The zero-order valence-electron chi connectivity index (χ0n) is 20.5. The standard InChI is InChI=1S/C26H30N4O5/c1-11-6-13-7-15-17(9-27)30-16(21(29(15)3)19(13)23(32)25(11)34-4)8-14-20(18(30)10-28)24(33)26(35-5)12(2)22(14)31/h6,8,15,17-18,21,31-33H,7,10,28H2,1-5H3/t15-,17-,18?,21?/m0/s1. The van der Waals surface area contributed by atoms with E-state index in [1.54, 1.807) is 13.0 Å². The molecule has 3 aliphatic heterocycles. The van der Waals surface area contributed by atoms with Crippen molar-refractivity contribution in [3.05, 3.63) is 45.1 Å². The van der Waals surface area contributed by atoms with Crippen LogP contribution in [0.1, 0.15) is 45.5 Å². The number of hydrogen-bond donors (Lipinski definition) is 4. The number of nitrogens with two attached hydrogens (primary N) is 1. The van der Waals surface area contributed by atoms with E-state index < -0.39 is 18.1 Å². The summed E-state index contributed by atoms with van der Waals surface area (Å²) in [5.74, 6) is 0.563. The topological polar surface area (TPSA) is 135 Å². The third-order valence-electron chi connectivity index (χ3n) is 7.88. The summed E-state index contributed by atoms with van der Waals surface area (Å²) < 4.78 is 10.9. The summed E-state index contributed by atoms with van der Waals surface area (Å²) in [6.07, 6.45) is 2.35. The van der Waals surface area contributed by atoms with Crippen molar-refractivity contribution in [2.75, 3.05) is 27.8 Å². The molecule has 0 radical (unpaired) electrons. The predicted octanol–water partition coefficient (Wildman–Crippen LogP) is 2.60. The van der Waals surface area contributed by atoms with Crippen molar-refractivity contribution in [1.82, 2.24) is 9.80 Å². The third kappa shape index (κ3) is 2.87. The van der Waals surface area contributed by atoms with Crippen molar-refractivity contribution in [1.29, 1.82) is 5.26 Å². The fourth-order valence-corrected chi connectivity index (χ4v) is 6.33. The summed E-state index contributed by atoms with van der Waals surface area (Å²) in [5.41, 5.74) is 10.8. The van der Waals surface area contributed by atoms with Gasteiger partial charge >= 0.3 is 0 Å². The minimum atomic E-state index is -0.579. The van der Waals surface area contributed by atoms with Crippen LogP contribution in [0.2, 0.25) is 0 Å². The van der Waals surface area contributed by atoms with Crippen LogP contribution in [0.3, 0.4) is 0 Å². The van der Waals surface area contributed by atoms with E-state index in [4.69, 9.17) is 15.2 Å². The Hall–Kier alpha value is -3.61. The number of phenols is 3. The van der Waals surface area contributed by atoms with Crippen LogP contribution in [0.4, 0.5) is 0 Å². The molecule has 0 aromatic heterocycles. The molecule has 1 fully saturated rings. The highest BCUT2D eigenvalue weighted by Crippen LogP contribution is 2.57. The monoisotopic (exact) mass is 478 g/mol. The van der Waals surface area contributed by atoms with Crippen LogP contribution in [-0.4, -0.2) is 65.0 Å². The number of ether oxygens (including phenoxy) is 2. The Bertz CT molecular complexity index is 1310. The van der Waals surface area contributed by atoms with Crippen LogP contribution in [0.15, 0.2) is 11.8 Å². The summed E-state index contributed by atoms with van der Waals surface area (Å²) in [5, 5.41) is 43.9. The quantitative estimate of drug-likeness (QED) is 0.491. The molecule has 2 bridgehead atoms. The molecule has 0 spiro atoms. The average molecular weight is 479 g/mol. The molecule has 5 N–H and O–H groups in total. The second-order valence-electron chi connectivity index (χ2n) is 9.47. The van der Waals surface area contributed by atoms with Gasteiger partial charge in [-0.2, -0.15) is 5.26 Å². The van der Waals surface area contributed by atoms with Crippen LogP contribution in [0, 0.1) is 25.2 Å². The van der Waals surface area contributed by atoms with Crippen molar-refractivity contribution in [2.45, 2.75) is 44.4 Å². The number of aromatic hydroxyl groups is 3. The summed E-state index contributed by atoms with van der Waals surface area (Å²) in [7, 11) is 4.90. The van der Waals surface area contributed by atoms with Crippen molar-refractivity contribution in [3.8, 4) is 34.8 Å². The minimum absolute atomic E-state index is 0.0136. The number of phenolic OH excluding ortho intramolecular Hbond substituents is 3. The molecule has 35 heavy (non-hydrogen) atoms. The van der Waals surface area contributed by atoms with E-state index in [-0.39, 0.29) is 35.6 Å². The van der Waals surface area contributed by atoms with Crippen molar-refractivity contribution < 1.29 is 24.8 Å². The molecule has 3 aliphatic rings. The zero-order chi connectivity index (χ0) is 25.3. The molecule has 2 unspecified atom stereocenters. The van der Waals surface area contributed by atoms with E-state index in [0.29, 0.717) is 34.4 Å². The minimum Gasteiger partial charge on any atom is -0.507 e. The first-order valence-corrected chi connectivity index (χ1v) is 11.5. The average Bonchev–Trinajstić information content (AvgIpc) is 2.83. The Balaban J connectivity index is 1.85. The molecule has 5 rings (SSSR count). The Morgan fingerprint density at radius 1 is 1.09 bits per heavy atom. The maximum atomic E-state index is 11.3. The highest BCUT2D eigenvalue weighted by molar-refractivity contribution is 5.76. The van der Waals surface area contributed by atoms with Crippen LogP contribution < -0.4 is 15.2 Å². The fourth-order valence-electron chi connectivity index (χ4n) is 6.33. The number of methoxy groups -OCH3 is 2. The SMILES string of the molecule is COc1c(C)cc2c(c1O)C1C3=Cc4c(O)c(C)c(OC)c(O)c4C(CN)N3[C@@H](C#N)[C@H](C2)N1C. The summed E-state index contributed by atoms with van der Waals surface area (Å²) in [6, 6.07) is 2.74. The first-order valence-electron chi connectivity index (χ1n) is 11.5. The Morgan fingerprint density at radius 3 is 2.34 bits per heavy atom. The maximum Gasteiger partial charge on any atom is 0.167 e. The van der Waals surface area contributed by atoms with Crippen LogP contribution in [0.25, 0.3) is 6.08 Å². The molecule has 0 aliphatic carbocycles. The number of nitrogens with zero attached hydrogens (tertiary/aromatic N) is 3. The smallest absolute Gasteiger partial charge is 0.167 e. The number of hydrogen-bond acceptors (Lipinski definition) is 9. The van der Waals surface area contributed by atoms with Crippen molar-refractivity contribution in [2.24, 2.45) is 5.73 Å². The second-order valence-corrected chi connectivity index (χ2v) is 9.47. The van der Waals surface area contributed by atoms with Crippen LogP contribution in [0.5, 0.6) is 28.7 Å². The largest absolute Gasteiger partial charge is 0.507 e. The van der Waals surface area contributed by atoms with Gasteiger partial charge in [0.2, 0.25) is 0 Å². The Morgan fingerprint density at radius 2 is 1.74 bits per heavy atom. The maximum absolute atomic E-state index is 11.3. The van der Waals surface area contributed by atoms with Crippen LogP contribution >= 0.6 is 0 Å². The molecule has 1 saturated heterocycles. The lowest BCUT2D eigenvalue weighted by atomic mass is 9.75. The van der Waals surface area contributed by atoms with Gasteiger partial charge in [-0.05, 0) is 44.5 Å². The lowest BCUT2D eigenvalue weighted by Gasteiger charge is -2.57. The first-order chi connectivity index (χ1) is 16.7. The third-order valence-corrected chi connectivity index (χ3v) is 7.88. The summed E-state index contributed by atoms with van der Waals surface area (Å²) in [4.78, 5) is 4.04. The van der Waals surface area contributed by atoms with E-state index in [1.807, 2.05) is 24.9 Å². The van der Waals surface area contributed by atoms with E-state index in [9.17, 15) is 20.6 Å². The summed E-state index contributed by atoms with van der Waals surface area (Å²) >= 11 is 0. The van der Waals surface area contributed by atoms with Gasteiger partial charge in [-0.15, -0.1) is 0 Å². The molecular formula is C26H30N4O5. The van der Waals surface area contributed by atoms with Gasteiger partial charge in [0.05, 0.1) is 32.4 Å². The van der Waals surface area contributed by atoms with Gasteiger partial charge in [-0.1, -0.05) is 6.07 Å². The molecule has 9 heteroatoms. The predicted molar refractivity (Wildman–Crippen MR) is 129 cm³/mol. The fraction of sp³-hybridized carbons (Fsp3) is 0.423. The molecule has 0 amide bonds. The Kier molecular flexibility index (Phi) is 5.27. The van der Waals surface area contributed by atoms with E-state index >= 15 is 0 Å². The van der Waals surface area contributed by atoms with Gasteiger partial charge < -0.3 is 35.4 Å². The molecule has 9 nitrogen and oxygen atoms in total. The molecule has 184 valence electrons. The van der Waals surface area contributed by atoms with Gasteiger partial charge in [0.15, 0.2) is 23.0 Å². The molecule has 2 aromatic carbocycles. The lowest BCUT2D eigenvalue weighted by molar-refractivity contribution is 0.0209. The highest BCUT2D eigenvalue weighted by atomic mass is 16.5. The number of benzene rings is 2. The van der Waals surface area contributed by atoms with Gasteiger partial charge in [0.25, 0.3) is 0 Å². The van der Waals surface area contributed by atoms with Crippen LogP contribution in [-0.2, 0) is 6.42 Å². The molecular weight excluding hydrogens is 448 g/mol. The van der Waals surface area contributed by atoms with E-state index in [1.165, 1.54) is 14.2 Å². The number of aryl methyl sites for hydroxylation is 1. The normalized spacial score (nSPS) is 24.6. The summed E-state index contributed by atoms with van der Waals surface area (Å²) in [6.45, 7) is 3.66. The molecule has 4 atom stereocenters. The number of fused-ring (bicyclic) bond motifs is 7. The zero-order valence-corrected chi connectivity index (χ0v) is 20.5. The molecule has 0 saturated carbocycles. The van der Waals surface area contributed by atoms with E-state index in [0.717, 1.165) is 16.8 Å². The number of rotatable bonds is 3. The van der Waals surface area contributed by atoms with Crippen molar-refractivity contribution >= 4 is 6.08 Å². The highest BCUT2D eigenvalue weighted by Gasteiger charge is 2.52. The lowest BCUT2D eigenvalue weighted by Crippen LogP contribution is -2.62.